The summed E-state index contributed by atoms with van der Waals surface area (Å²) in [6.07, 6.45) is 0.290. The summed E-state index contributed by atoms with van der Waals surface area (Å²) in [5.74, 6) is 0.324. The van der Waals surface area contributed by atoms with Gasteiger partial charge in [0.15, 0.2) is 0 Å². The first-order valence-electron chi connectivity index (χ1n) is 4.06. The highest BCUT2D eigenvalue weighted by atomic mass is 35.5. The van der Waals surface area contributed by atoms with Gasteiger partial charge in [0.2, 0.25) is 0 Å². The number of halogens is 1. The number of aromatic nitrogens is 2. The molecule has 1 rings (SSSR count). The average Bonchev–Trinajstić information content (AvgIpc) is 2.51. The molecule has 5 heteroatoms. The van der Waals surface area contributed by atoms with Gasteiger partial charge in [0, 0.05) is 19.1 Å². The Morgan fingerprint density at radius 3 is 2.77 bits per heavy atom. The predicted octanol–water partition coefficient (Wildman–Crippen LogP) is 0.443. The molecule has 0 amide bonds. The maximum atomic E-state index is 9.55. The van der Waals surface area contributed by atoms with Crippen LogP contribution in [0.4, 0.5) is 0 Å². The fraction of sp³-hybridized carbons (Fsp3) is 0.625. The maximum absolute atomic E-state index is 9.55. The number of alkyl halides is 1. The van der Waals surface area contributed by atoms with Gasteiger partial charge in [-0.05, 0) is 12.5 Å². The van der Waals surface area contributed by atoms with Gasteiger partial charge in [0.1, 0.15) is 6.10 Å². The number of aliphatic hydroxyl groups is 2. The molecule has 0 aliphatic heterocycles. The molecule has 0 fully saturated rings. The van der Waals surface area contributed by atoms with Crippen LogP contribution in [0, 0.1) is 0 Å². The zero-order valence-electron chi connectivity index (χ0n) is 7.39. The third-order valence-corrected chi connectivity index (χ3v) is 2.02. The van der Waals surface area contributed by atoms with Crippen molar-refractivity contribution in [2.24, 2.45) is 7.05 Å². The molecule has 0 aliphatic carbocycles. The zero-order chi connectivity index (χ0) is 9.84. The SMILES string of the molecule is Cn1ccc(C(O)C(O)CCCl)n1. The maximum Gasteiger partial charge on any atom is 0.124 e. The lowest BCUT2D eigenvalue weighted by atomic mass is 10.1. The lowest BCUT2D eigenvalue weighted by Gasteiger charge is -2.13. The van der Waals surface area contributed by atoms with E-state index in [1.807, 2.05) is 0 Å². The largest absolute Gasteiger partial charge is 0.390 e. The van der Waals surface area contributed by atoms with Gasteiger partial charge < -0.3 is 10.2 Å². The van der Waals surface area contributed by atoms with Crippen LogP contribution >= 0.6 is 11.6 Å². The lowest BCUT2D eigenvalue weighted by Crippen LogP contribution is -2.19. The topological polar surface area (TPSA) is 58.3 Å². The van der Waals surface area contributed by atoms with Gasteiger partial charge in [0.05, 0.1) is 11.8 Å². The first kappa shape index (κ1) is 10.5. The fourth-order valence-corrected chi connectivity index (χ4v) is 1.28. The van der Waals surface area contributed by atoms with Crippen molar-refractivity contribution in [3.63, 3.8) is 0 Å². The number of hydrogen-bond acceptors (Lipinski definition) is 3. The second-order valence-corrected chi connectivity index (χ2v) is 3.28. The molecule has 2 N–H and O–H groups in total. The quantitative estimate of drug-likeness (QED) is 0.700. The van der Waals surface area contributed by atoms with E-state index in [1.165, 1.54) is 0 Å². The van der Waals surface area contributed by atoms with Crippen LogP contribution in [0.5, 0.6) is 0 Å². The van der Waals surface area contributed by atoms with Crippen molar-refractivity contribution >= 4 is 11.6 Å². The van der Waals surface area contributed by atoms with Crippen molar-refractivity contribution in [3.8, 4) is 0 Å². The molecule has 2 atom stereocenters. The molecule has 0 saturated carbocycles. The fourth-order valence-electron chi connectivity index (χ4n) is 1.06. The summed E-state index contributed by atoms with van der Waals surface area (Å²) in [5.41, 5.74) is 0.472. The van der Waals surface area contributed by atoms with Crippen LogP contribution in [-0.4, -0.2) is 32.0 Å². The van der Waals surface area contributed by atoms with Gasteiger partial charge in [-0.3, -0.25) is 4.68 Å². The number of aliphatic hydroxyl groups excluding tert-OH is 2. The molecule has 0 spiro atoms. The van der Waals surface area contributed by atoms with Crippen LogP contribution in [0.15, 0.2) is 12.3 Å². The van der Waals surface area contributed by atoms with Crippen LogP contribution < -0.4 is 0 Å². The minimum absolute atomic E-state index is 0.324. The van der Waals surface area contributed by atoms with Gasteiger partial charge in [-0.15, -0.1) is 11.6 Å². The average molecular weight is 205 g/mol. The molecule has 0 bridgehead atoms. The van der Waals surface area contributed by atoms with Crippen molar-refractivity contribution in [2.45, 2.75) is 18.6 Å². The molecule has 0 aromatic carbocycles. The second kappa shape index (κ2) is 4.60. The molecule has 13 heavy (non-hydrogen) atoms. The minimum Gasteiger partial charge on any atom is -0.390 e. The Balaban J connectivity index is 2.61. The summed E-state index contributed by atoms with van der Waals surface area (Å²) in [6.45, 7) is 0. The van der Waals surface area contributed by atoms with E-state index in [4.69, 9.17) is 11.6 Å². The monoisotopic (exact) mass is 204 g/mol. The Labute approximate surface area is 81.8 Å². The van der Waals surface area contributed by atoms with Crippen LogP contribution in [-0.2, 0) is 7.05 Å². The van der Waals surface area contributed by atoms with Gasteiger partial charge >= 0.3 is 0 Å². The Kier molecular flexibility index (Phi) is 3.71. The number of aryl methyl sites for hydroxylation is 1. The molecule has 4 nitrogen and oxygen atoms in total. The van der Waals surface area contributed by atoms with Crippen molar-refractivity contribution in [3.05, 3.63) is 18.0 Å². The highest BCUT2D eigenvalue weighted by Crippen LogP contribution is 2.16. The standard InChI is InChI=1S/C8H13ClN2O2/c1-11-5-3-6(10-11)8(13)7(12)2-4-9/h3,5,7-8,12-13H,2,4H2,1H3. The van der Waals surface area contributed by atoms with E-state index in [1.54, 1.807) is 24.0 Å². The normalized spacial score (nSPS) is 15.7. The van der Waals surface area contributed by atoms with Crippen molar-refractivity contribution in [1.82, 2.24) is 9.78 Å². The number of rotatable bonds is 4. The molecule has 74 valence electrons. The van der Waals surface area contributed by atoms with Crippen molar-refractivity contribution in [2.75, 3.05) is 5.88 Å². The minimum atomic E-state index is -0.944. The van der Waals surface area contributed by atoms with Crippen LogP contribution in [0.2, 0.25) is 0 Å². The Hall–Kier alpha value is -0.580. The van der Waals surface area contributed by atoms with Crippen molar-refractivity contribution < 1.29 is 10.2 Å². The van der Waals surface area contributed by atoms with E-state index in [-0.39, 0.29) is 0 Å². The summed E-state index contributed by atoms with van der Waals surface area (Å²) in [6, 6.07) is 1.67. The Bertz CT molecular complexity index is 264. The Morgan fingerprint density at radius 2 is 2.31 bits per heavy atom. The third-order valence-electron chi connectivity index (χ3n) is 1.81. The van der Waals surface area contributed by atoms with Gasteiger partial charge in [0.25, 0.3) is 0 Å². The van der Waals surface area contributed by atoms with Gasteiger partial charge in [-0.2, -0.15) is 5.10 Å². The van der Waals surface area contributed by atoms with Crippen molar-refractivity contribution in [1.29, 1.82) is 0 Å². The van der Waals surface area contributed by atoms with Gasteiger partial charge in [-0.25, -0.2) is 0 Å². The highest BCUT2D eigenvalue weighted by Gasteiger charge is 2.19. The summed E-state index contributed by atoms with van der Waals surface area (Å²) < 4.78 is 1.58. The van der Waals surface area contributed by atoms with E-state index < -0.39 is 12.2 Å². The zero-order valence-corrected chi connectivity index (χ0v) is 8.15. The van der Waals surface area contributed by atoms with E-state index in [0.717, 1.165) is 0 Å². The van der Waals surface area contributed by atoms with E-state index in [9.17, 15) is 10.2 Å². The summed E-state index contributed by atoms with van der Waals surface area (Å²) >= 11 is 5.44. The van der Waals surface area contributed by atoms with Crippen LogP contribution in [0.3, 0.4) is 0 Å². The van der Waals surface area contributed by atoms with E-state index >= 15 is 0 Å². The lowest BCUT2D eigenvalue weighted by molar-refractivity contribution is 0.0141. The highest BCUT2D eigenvalue weighted by molar-refractivity contribution is 6.17. The summed E-state index contributed by atoms with van der Waals surface area (Å²) in [5, 5.41) is 22.9. The predicted molar refractivity (Wildman–Crippen MR) is 49.5 cm³/mol. The molecular formula is C8H13ClN2O2. The summed E-state index contributed by atoms with van der Waals surface area (Å²) in [7, 11) is 1.75. The number of hydrogen-bond donors (Lipinski definition) is 2. The smallest absolute Gasteiger partial charge is 0.124 e. The first-order chi connectivity index (χ1) is 6.15. The van der Waals surface area contributed by atoms with Gasteiger partial charge in [-0.1, -0.05) is 0 Å². The van der Waals surface area contributed by atoms with E-state index in [2.05, 4.69) is 5.10 Å². The molecule has 0 aliphatic rings. The molecule has 1 aromatic rings. The molecule has 1 aromatic heterocycles. The van der Waals surface area contributed by atoms with E-state index in [0.29, 0.717) is 18.0 Å². The third kappa shape index (κ3) is 2.69. The number of nitrogens with zero attached hydrogens (tertiary/aromatic N) is 2. The van der Waals surface area contributed by atoms with Crippen LogP contribution in [0.1, 0.15) is 18.2 Å². The molecule has 2 unspecified atom stereocenters. The van der Waals surface area contributed by atoms with Crippen LogP contribution in [0.25, 0.3) is 0 Å². The first-order valence-corrected chi connectivity index (χ1v) is 4.60. The second-order valence-electron chi connectivity index (χ2n) is 2.90. The molecule has 1 heterocycles. The Morgan fingerprint density at radius 1 is 1.62 bits per heavy atom. The molecule has 0 saturated heterocycles. The molecule has 0 radical (unpaired) electrons. The summed E-state index contributed by atoms with van der Waals surface area (Å²) in [4.78, 5) is 0. The molecular weight excluding hydrogens is 192 g/mol.